The first kappa shape index (κ1) is 14.3. The number of carbonyl (C=O) groups is 1. The van der Waals surface area contributed by atoms with Crippen LogP contribution in [0.5, 0.6) is 5.75 Å². The largest absolute Gasteiger partial charge is 0.495 e. The van der Waals surface area contributed by atoms with Crippen LogP contribution in [-0.2, 0) is 6.42 Å². The van der Waals surface area contributed by atoms with Crippen LogP contribution in [0.1, 0.15) is 15.9 Å². The zero-order chi connectivity index (χ0) is 14.4. The summed E-state index contributed by atoms with van der Waals surface area (Å²) in [4.78, 5) is 15.7. The summed E-state index contributed by atoms with van der Waals surface area (Å²) in [5, 5.41) is 3.41. The Balaban J connectivity index is 1.87. The lowest BCUT2D eigenvalue weighted by molar-refractivity contribution is 0.0954. The van der Waals surface area contributed by atoms with Crippen LogP contribution in [0.25, 0.3) is 0 Å². The number of methoxy groups -OCH3 is 1. The van der Waals surface area contributed by atoms with E-state index in [0.717, 1.165) is 5.56 Å². The maximum absolute atomic E-state index is 11.8. The number of ether oxygens (including phenoxy) is 1. The molecule has 4 nitrogen and oxygen atoms in total. The van der Waals surface area contributed by atoms with E-state index >= 15 is 0 Å². The molecule has 5 heteroatoms. The summed E-state index contributed by atoms with van der Waals surface area (Å²) < 4.78 is 5.09. The van der Waals surface area contributed by atoms with Crippen molar-refractivity contribution in [2.75, 3.05) is 13.7 Å². The molecule has 1 N–H and O–H groups in total. The molecule has 0 unspecified atom stereocenters. The number of rotatable bonds is 5. The fourth-order valence-electron chi connectivity index (χ4n) is 1.78. The summed E-state index contributed by atoms with van der Waals surface area (Å²) in [6, 6.07) is 9.06. The maximum atomic E-state index is 11.8. The molecular formula is C15H15ClN2O2. The van der Waals surface area contributed by atoms with Crippen molar-refractivity contribution in [3.05, 3.63) is 58.9 Å². The number of aromatic nitrogens is 1. The lowest BCUT2D eigenvalue weighted by Crippen LogP contribution is -2.25. The van der Waals surface area contributed by atoms with Gasteiger partial charge in [-0.3, -0.25) is 9.78 Å². The number of nitrogens with one attached hydrogen (secondary N) is 1. The van der Waals surface area contributed by atoms with Crippen molar-refractivity contribution in [1.29, 1.82) is 0 Å². The Labute approximate surface area is 122 Å². The van der Waals surface area contributed by atoms with Crippen LogP contribution in [0.4, 0.5) is 0 Å². The third-order valence-corrected chi connectivity index (χ3v) is 3.13. The van der Waals surface area contributed by atoms with E-state index in [4.69, 9.17) is 16.3 Å². The number of halogens is 1. The zero-order valence-corrected chi connectivity index (χ0v) is 11.9. The third-order valence-electron chi connectivity index (χ3n) is 2.84. The van der Waals surface area contributed by atoms with Gasteiger partial charge >= 0.3 is 0 Å². The SMILES string of the molecule is COc1ccc(CCNC(=O)c2cccnc2)cc1Cl. The molecule has 2 rings (SSSR count). The van der Waals surface area contributed by atoms with Crippen molar-refractivity contribution in [2.24, 2.45) is 0 Å². The molecule has 0 saturated carbocycles. The van der Waals surface area contributed by atoms with Crippen molar-refractivity contribution < 1.29 is 9.53 Å². The molecule has 0 aliphatic carbocycles. The van der Waals surface area contributed by atoms with E-state index in [-0.39, 0.29) is 5.91 Å². The Bertz CT molecular complexity index is 588. The summed E-state index contributed by atoms with van der Waals surface area (Å²) >= 11 is 6.05. The van der Waals surface area contributed by atoms with Gasteiger partial charge in [0.15, 0.2) is 0 Å². The highest BCUT2D eigenvalue weighted by Crippen LogP contribution is 2.24. The Morgan fingerprint density at radius 2 is 2.25 bits per heavy atom. The van der Waals surface area contributed by atoms with Crippen LogP contribution in [0.15, 0.2) is 42.7 Å². The van der Waals surface area contributed by atoms with E-state index in [1.54, 1.807) is 31.6 Å². The van der Waals surface area contributed by atoms with Gasteiger partial charge in [-0.05, 0) is 36.2 Å². The highest BCUT2D eigenvalue weighted by Gasteiger charge is 2.05. The molecule has 0 spiro atoms. The van der Waals surface area contributed by atoms with Gasteiger partial charge in [-0.1, -0.05) is 17.7 Å². The van der Waals surface area contributed by atoms with E-state index in [0.29, 0.717) is 29.3 Å². The van der Waals surface area contributed by atoms with Gasteiger partial charge < -0.3 is 10.1 Å². The Kier molecular flexibility index (Phi) is 4.96. The van der Waals surface area contributed by atoms with Gasteiger partial charge in [0, 0.05) is 18.9 Å². The smallest absolute Gasteiger partial charge is 0.252 e. The number of nitrogens with zero attached hydrogens (tertiary/aromatic N) is 1. The lowest BCUT2D eigenvalue weighted by atomic mass is 10.1. The standard InChI is InChI=1S/C15H15ClN2O2/c1-20-14-5-4-11(9-13(14)16)6-8-18-15(19)12-3-2-7-17-10-12/h2-5,7,9-10H,6,8H2,1H3,(H,18,19). The normalized spacial score (nSPS) is 10.1. The second kappa shape index (κ2) is 6.91. The quantitative estimate of drug-likeness (QED) is 0.921. The summed E-state index contributed by atoms with van der Waals surface area (Å²) in [6.07, 6.45) is 3.88. The molecule has 20 heavy (non-hydrogen) atoms. The van der Waals surface area contributed by atoms with Gasteiger partial charge in [-0.25, -0.2) is 0 Å². The van der Waals surface area contributed by atoms with Crippen molar-refractivity contribution >= 4 is 17.5 Å². The van der Waals surface area contributed by atoms with Gasteiger partial charge in [0.25, 0.3) is 5.91 Å². The summed E-state index contributed by atoms with van der Waals surface area (Å²) in [5.74, 6) is 0.521. The highest BCUT2D eigenvalue weighted by atomic mass is 35.5. The van der Waals surface area contributed by atoms with E-state index in [1.165, 1.54) is 0 Å². The summed E-state index contributed by atoms with van der Waals surface area (Å²) in [7, 11) is 1.58. The van der Waals surface area contributed by atoms with Crippen molar-refractivity contribution in [1.82, 2.24) is 10.3 Å². The first-order valence-electron chi connectivity index (χ1n) is 6.21. The Morgan fingerprint density at radius 3 is 2.90 bits per heavy atom. The minimum absolute atomic E-state index is 0.127. The predicted octanol–water partition coefficient (Wildman–Crippen LogP) is 2.72. The molecule has 0 aliphatic heterocycles. The van der Waals surface area contributed by atoms with Crippen molar-refractivity contribution in [2.45, 2.75) is 6.42 Å². The van der Waals surface area contributed by atoms with E-state index in [9.17, 15) is 4.79 Å². The Hall–Kier alpha value is -2.07. The number of hydrogen-bond acceptors (Lipinski definition) is 3. The van der Waals surface area contributed by atoms with Crippen molar-refractivity contribution in [3.8, 4) is 5.75 Å². The number of hydrogen-bond donors (Lipinski definition) is 1. The molecule has 1 aromatic heterocycles. The van der Waals surface area contributed by atoms with Crippen LogP contribution in [-0.4, -0.2) is 24.5 Å². The van der Waals surface area contributed by atoms with Crippen LogP contribution in [0, 0.1) is 0 Å². The average molecular weight is 291 g/mol. The fraction of sp³-hybridized carbons (Fsp3) is 0.200. The molecule has 0 saturated heterocycles. The van der Waals surface area contributed by atoms with E-state index < -0.39 is 0 Å². The molecule has 104 valence electrons. The molecule has 0 fully saturated rings. The monoisotopic (exact) mass is 290 g/mol. The molecule has 0 aliphatic rings. The summed E-state index contributed by atoms with van der Waals surface area (Å²) in [5.41, 5.74) is 1.60. The van der Waals surface area contributed by atoms with Gasteiger partial charge in [0.2, 0.25) is 0 Å². The van der Waals surface area contributed by atoms with Crippen LogP contribution in [0.3, 0.4) is 0 Å². The average Bonchev–Trinajstić information content (AvgIpc) is 2.48. The highest BCUT2D eigenvalue weighted by molar-refractivity contribution is 6.32. The Morgan fingerprint density at radius 1 is 1.40 bits per heavy atom. The van der Waals surface area contributed by atoms with Crippen molar-refractivity contribution in [3.63, 3.8) is 0 Å². The molecule has 0 bridgehead atoms. The minimum atomic E-state index is -0.127. The van der Waals surface area contributed by atoms with Gasteiger partial charge in [0.1, 0.15) is 5.75 Å². The molecule has 1 aromatic carbocycles. The number of benzene rings is 1. The molecule has 1 amide bonds. The first-order chi connectivity index (χ1) is 9.70. The van der Waals surface area contributed by atoms with E-state index in [2.05, 4.69) is 10.3 Å². The first-order valence-corrected chi connectivity index (χ1v) is 6.59. The topological polar surface area (TPSA) is 51.2 Å². The van der Waals surface area contributed by atoms with Crippen LogP contribution in [0.2, 0.25) is 5.02 Å². The maximum Gasteiger partial charge on any atom is 0.252 e. The molecular weight excluding hydrogens is 276 g/mol. The van der Waals surface area contributed by atoms with Gasteiger partial charge in [-0.15, -0.1) is 0 Å². The number of pyridine rings is 1. The molecule has 1 heterocycles. The third kappa shape index (κ3) is 3.71. The summed E-state index contributed by atoms with van der Waals surface area (Å²) in [6.45, 7) is 0.538. The second-order valence-corrected chi connectivity index (χ2v) is 4.62. The van der Waals surface area contributed by atoms with Gasteiger partial charge in [-0.2, -0.15) is 0 Å². The van der Waals surface area contributed by atoms with Crippen LogP contribution >= 0.6 is 11.6 Å². The van der Waals surface area contributed by atoms with E-state index in [1.807, 2.05) is 18.2 Å². The molecule has 2 aromatic rings. The predicted molar refractivity (Wildman–Crippen MR) is 78.3 cm³/mol. The number of amides is 1. The van der Waals surface area contributed by atoms with Gasteiger partial charge in [0.05, 0.1) is 17.7 Å². The molecule has 0 atom stereocenters. The lowest BCUT2D eigenvalue weighted by Gasteiger charge is -2.07. The minimum Gasteiger partial charge on any atom is -0.495 e. The molecule has 0 radical (unpaired) electrons. The number of carbonyl (C=O) groups excluding carboxylic acids is 1. The van der Waals surface area contributed by atoms with Crippen LogP contribution < -0.4 is 10.1 Å². The second-order valence-electron chi connectivity index (χ2n) is 4.22. The fourth-order valence-corrected chi connectivity index (χ4v) is 2.07. The zero-order valence-electron chi connectivity index (χ0n) is 11.1.